The molecule has 7 aromatic rings. The summed E-state index contributed by atoms with van der Waals surface area (Å²) >= 11 is 0. The van der Waals surface area contributed by atoms with Crippen LogP contribution < -0.4 is 0 Å². The van der Waals surface area contributed by atoms with Crippen molar-refractivity contribution in [1.29, 1.82) is 15.8 Å². The fourth-order valence-electron chi connectivity index (χ4n) is 6.21. The van der Waals surface area contributed by atoms with Gasteiger partial charge in [-0.2, -0.15) is 15.8 Å². The third kappa shape index (κ3) is 4.38. The number of para-hydroxylation sites is 1. The van der Waals surface area contributed by atoms with Crippen LogP contribution >= 0.6 is 0 Å². The summed E-state index contributed by atoms with van der Waals surface area (Å²) in [7, 11) is 0. The molecule has 0 saturated heterocycles. The van der Waals surface area contributed by atoms with E-state index in [9.17, 15) is 15.8 Å². The second-order valence-corrected chi connectivity index (χ2v) is 10.6. The summed E-state index contributed by atoms with van der Waals surface area (Å²) in [5.41, 5.74) is 9.23. The maximum absolute atomic E-state index is 10.1. The second kappa shape index (κ2) is 11.1. The largest absolute Gasteiger partial charge is 0.309 e. The van der Waals surface area contributed by atoms with Crippen molar-refractivity contribution in [3.8, 4) is 57.3 Å². The van der Waals surface area contributed by atoms with Crippen LogP contribution in [0.4, 0.5) is 5.69 Å². The molecule has 0 saturated carbocycles. The lowest BCUT2D eigenvalue weighted by Gasteiger charge is -2.14. The van der Waals surface area contributed by atoms with E-state index in [1.54, 1.807) is 36.4 Å². The van der Waals surface area contributed by atoms with Gasteiger partial charge in [-0.05, 0) is 59.2 Å². The molecule has 0 radical (unpaired) electrons. The molecule has 6 aromatic carbocycles. The van der Waals surface area contributed by atoms with Crippen LogP contribution in [0.3, 0.4) is 0 Å². The highest BCUT2D eigenvalue weighted by Gasteiger charge is 2.21. The van der Waals surface area contributed by atoms with Crippen LogP contribution in [-0.2, 0) is 0 Å². The lowest BCUT2D eigenvalue weighted by molar-refractivity contribution is 1.18. The van der Waals surface area contributed by atoms with Gasteiger partial charge < -0.3 is 4.57 Å². The Morgan fingerprint density at radius 3 is 1.89 bits per heavy atom. The first-order chi connectivity index (χ1) is 22.2. The van der Waals surface area contributed by atoms with Gasteiger partial charge in [0, 0.05) is 38.7 Å². The molecular formula is C40H21N5. The summed E-state index contributed by atoms with van der Waals surface area (Å²) in [4.78, 5) is 3.71. The molecule has 0 unspecified atom stereocenters. The van der Waals surface area contributed by atoms with Gasteiger partial charge in [0.2, 0.25) is 0 Å². The summed E-state index contributed by atoms with van der Waals surface area (Å²) < 4.78 is 2.18. The molecule has 0 aliphatic heterocycles. The maximum Gasteiger partial charge on any atom is 0.196 e. The number of fused-ring (bicyclic) bond motifs is 3. The smallest absolute Gasteiger partial charge is 0.196 e. The van der Waals surface area contributed by atoms with Crippen molar-refractivity contribution in [3.63, 3.8) is 0 Å². The molecule has 1 aromatic heterocycles. The van der Waals surface area contributed by atoms with Crippen molar-refractivity contribution < 1.29 is 0 Å². The van der Waals surface area contributed by atoms with Gasteiger partial charge in [-0.3, -0.25) is 0 Å². The van der Waals surface area contributed by atoms with Gasteiger partial charge in [0.05, 0.1) is 46.9 Å². The zero-order chi connectivity index (χ0) is 30.9. The van der Waals surface area contributed by atoms with Crippen molar-refractivity contribution in [2.45, 2.75) is 0 Å². The number of rotatable bonds is 4. The molecule has 206 valence electrons. The molecule has 5 heteroatoms. The van der Waals surface area contributed by atoms with Crippen molar-refractivity contribution >= 4 is 27.5 Å². The topological polar surface area (TPSA) is 80.7 Å². The highest BCUT2D eigenvalue weighted by molar-refractivity contribution is 6.15. The Morgan fingerprint density at radius 2 is 1.18 bits per heavy atom. The molecule has 7 rings (SSSR count). The van der Waals surface area contributed by atoms with E-state index in [0.29, 0.717) is 33.5 Å². The SMILES string of the molecule is [C-]#[N+]c1cccc(C#N)c1-c1ccc2c(c1)c1cccc(-c3c(C#N)cccc3C#N)c1n2-c1cccc(-c2ccccc2)c1. The van der Waals surface area contributed by atoms with E-state index in [4.69, 9.17) is 6.57 Å². The molecule has 0 atom stereocenters. The molecule has 0 aliphatic carbocycles. The van der Waals surface area contributed by atoms with Gasteiger partial charge in [-0.1, -0.05) is 84.9 Å². The summed E-state index contributed by atoms with van der Waals surface area (Å²) in [6.07, 6.45) is 0. The predicted octanol–water partition coefficient (Wildman–Crippen LogP) is 9.95. The lowest BCUT2D eigenvalue weighted by Crippen LogP contribution is -1.98. The van der Waals surface area contributed by atoms with Gasteiger partial charge in [0.25, 0.3) is 0 Å². The van der Waals surface area contributed by atoms with Crippen molar-refractivity contribution in [1.82, 2.24) is 4.57 Å². The van der Waals surface area contributed by atoms with E-state index in [1.165, 1.54) is 0 Å². The first-order valence-electron chi connectivity index (χ1n) is 14.2. The third-order valence-electron chi connectivity index (χ3n) is 8.15. The molecule has 0 bridgehead atoms. The molecule has 0 N–H and O–H groups in total. The number of hydrogen-bond acceptors (Lipinski definition) is 3. The molecule has 45 heavy (non-hydrogen) atoms. The van der Waals surface area contributed by atoms with Crippen LogP contribution in [0.2, 0.25) is 0 Å². The van der Waals surface area contributed by atoms with Gasteiger partial charge in [-0.25, -0.2) is 4.85 Å². The fourth-order valence-corrected chi connectivity index (χ4v) is 6.21. The molecule has 0 spiro atoms. The summed E-state index contributed by atoms with van der Waals surface area (Å²) in [6.45, 7) is 7.77. The maximum atomic E-state index is 10.1. The first-order valence-corrected chi connectivity index (χ1v) is 14.2. The number of nitrogens with zero attached hydrogens (tertiary/aromatic N) is 5. The van der Waals surface area contributed by atoms with Crippen LogP contribution in [0.5, 0.6) is 0 Å². The lowest BCUT2D eigenvalue weighted by atomic mass is 9.93. The Morgan fingerprint density at radius 1 is 0.533 bits per heavy atom. The monoisotopic (exact) mass is 571 g/mol. The minimum atomic E-state index is 0.412. The zero-order valence-electron chi connectivity index (χ0n) is 23.9. The number of nitriles is 3. The minimum absolute atomic E-state index is 0.412. The van der Waals surface area contributed by atoms with E-state index in [0.717, 1.165) is 49.7 Å². The van der Waals surface area contributed by atoms with E-state index < -0.39 is 0 Å². The third-order valence-corrected chi connectivity index (χ3v) is 8.15. The Kier molecular flexibility index (Phi) is 6.62. The minimum Gasteiger partial charge on any atom is -0.309 e. The standard InChI is InChI=1S/C40H21N5/c1-44-36-18-7-14-31(25-43)39(36)28-19-20-37-35(22-28)33-16-8-17-34(38-29(23-41)12-5-13-30(38)24-42)40(33)45(37)32-15-6-11-27(21-32)26-9-3-2-4-10-26/h2-22H. The summed E-state index contributed by atoms with van der Waals surface area (Å²) in [6, 6.07) is 47.6. The first kappa shape index (κ1) is 26.9. The summed E-state index contributed by atoms with van der Waals surface area (Å²) in [5.74, 6) is 0. The van der Waals surface area contributed by atoms with Crippen LogP contribution in [0, 0.1) is 40.6 Å². The van der Waals surface area contributed by atoms with Crippen molar-refractivity contribution in [2.24, 2.45) is 0 Å². The molecule has 0 fully saturated rings. The Balaban J connectivity index is 1.62. The Hall–Kier alpha value is -6.92. The second-order valence-electron chi connectivity index (χ2n) is 10.6. The Labute approximate surface area is 260 Å². The average Bonchev–Trinajstić information content (AvgIpc) is 3.45. The molecule has 5 nitrogen and oxygen atoms in total. The van der Waals surface area contributed by atoms with Gasteiger partial charge >= 0.3 is 0 Å². The van der Waals surface area contributed by atoms with E-state index >= 15 is 0 Å². The highest BCUT2D eigenvalue weighted by atomic mass is 15.0. The van der Waals surface area contributed by atoms with Crippen LogP contribution in [0.25, 0.3) is 65.7 Å². The van der Waals surface area contributed by atoms with E-state index in [-0.39, 0.29) is 0 Å². The highest BCUT2D eigenvalue weighted by Crippen LogP contribution is 2.43. The summed E-state index contributed by atoms with van der Waals surface area (Å²) in [5, 5.41) is 32.0. The number of hydrogen-bond donors (Lipinski definition) is 0. The normalized spacial score (nSPS) is 10.6. The van der Waals surface area contributed by atoms with Gasteiger partial charge in [0.15, 0.2) is 5.69 Å². The zero-order valence-corrected chi connectivity index (χ0v) is 23.9. The van der Waals surface area contributed by atoms with Crippen LogP contribution in [-0.4, -0.2) is 4.57 Å². The number of aromatic nitrogens is 1. The molecule has 0 aliphatic rings. The Bertz CT molecular complexity index is 2410. The van der Waals surface area contributed by atoms with Crippen molar-refractivity contribution in [3.05, 3.63) is 156 Å². The quantitative estimate of drug-likeness (QED) is 0.197. The predicted molar refractivity (Wildman–Crippen MR) is 177 cm³/mol. The molecule has 1 heterocycles. The molecule has 0 amide bonds. The van der Waals surface area contributed by atoms with Crippen LogP contribution in [0.1, 0.15) is 16.7 Å². The fraction of sp³-hybridized carbons (Fsp3) is 0. The van der Waals surface area contributed by atoms with Crippen molar-refractivity contribution in [2.75, 3.05) is 0 Å². The average molecular weight is 572 g/mol. The van der Waals surface area contributed by atoms with E-state index in [2.05, 4.69) is 58.0 Å². The number of benzene rings is 6. The van der Waals surface area contributed by atoms with Gasteiger partial charge in [0.1, 0.15) is 0 Å². The van der Waals surface area contributed by atoms with Crippen LogP contribution in [0.15, 0.2) is 127 Å². The molecular weight excluding hydrogens is 550 g/mol. The van der Waals surface area contributed by atoms with Gasteiger partial charge in [-0.15, -0.1) is 0 Å². The van der Waals surface area contributed by atoms with E-state index in [1.807, 2.05) is 60.7 Å².